The maximum Gasteiger partial charge on any atom is 0.222 e. The summed E-state index contributed by atoms with van der Waals surface area (Å²) in [5.41, 5.74) is 7.53. The number of fused-ring (bicyclic) bond motifs is 1. The van der Waals surface area contributed by atoms with E-state index in [4.69, 9.17) is 5.73 Å². The predicted octanol–water partition coefficient (Wildman–Crippen LogP) is 0.784. The molecular weight excluding hydrogens is 274 g/mol. The van der Waals surface area contributed by atoms with Crippen molar-refractivity contribution in [2.75, 3.05) is 11.4 Å². The van der Waals surface area contributed by atoms with Gasteiger partial charge < -0.3 is 10.6 Å². The van der Waals surface area contributed by atoms with Crippen molar-refractivity contribution in [1.29, 1.82) is 0 Å². The first-order valence-electron chi connectivity index (χ1n) is 6.39. The third-order valence-electron chi connectivity index (χ3n) is 3.77. The van der Waals surface area contributed by atoms with Crippen LogP contribution in [0.25, 0.3) is 16.2 Å². The highest BCUT2D eigenvalue weighted by molar-refractivity contribution is 7.13. The molecule has 3 aromatic rings. The summed E-state index contributed by atoms with van der Waals surface area (Å²) in [7, 11) is 0. The summed E-state index contributed by atoms with van der Waals surface area (Å²) in [6.07, 6.45) is 1.82. The van der Waals surface area contributed by atoms with Crippen LogP contribution in [0, 0.1) is 0 Å². The Morgan fingerprint density at radius 1 is 1.45 bits per heavy atom. The SMILES string of the molecule is CC1C(N)CN1c1ncc(-c2cccs2)n2nnnc12. The van der Waals surface area contributed by atoms with E-state index in [0.29, 0.717) is 5.65 Å². The number of aromatic nitrogens is 5. The van der Waals surface area contributed by atoms with E-state index >= 15 is 0 Å². The fourth-order valence-corrected chi connectivity index (χ4v) is 3.16. The second kappa shape index (κ2) is 4.22. The second-order valence-electron chi connectivity index (χ2n) is 4.92. The number of rotatable bonds is 2. The smallest absolute Gasteiger partial charge is 0.222 e. The van der Waals surface area contributed by atoms with Crippen molar-refractivity contribution in [3.05, 3.63) is 23.7 Å². The molecule has 102 valence electrons. The molecule has 1 fully saturated rings. The number of thiophene rings is 1. The van der Waals surface area contributed by atoms with Gasteiger partial charge in [-0.3, -0.25) is 0 Å². The van der Waals surface area contributed by atoms with Gasteiger partial charge in [-0.2, -0.15) is 4.52 Å². The van der Waals surface area contributed by atoms with Crippen LogP contribution in [0.1, 0.15) is 6.92 Å². The Balaban J connectivity index is 1.86. The maximum absolute atomic E-state index is 5.95. The number of nitrogens with zero attached hydrogens (tertiary/aromatic N) is 6. The number of tetrazole rings is 1. The van der Waals surface area contributed by atoms with Crippen molar-refractivity contribution in [3.63, 3.8) is 0 Å². The molecule has 0 aliphatic carbocycles. The highest BCUT2D eigenvalue weighted by Gasteiger charge is 2.35. The van der Waals surface area contributed by atoms with Crippen molar-refractivity contribution in [3.8, 4) is 10.6 Å². The average Bonchev–Trinajstić information content (AvgIpc) is 3.14. The molecule has 0 bridgehead atoms. The van der Waals surface area contributed by atoms with Gasteiger partial charge in [0.2, 0.25) is 5.65 Å². The van der Waals surface area contributed by atoms with E-state index in [1.807, 2.05) is 23.7 Å². The zero-order valence-electron chi connectivity index (χ0n) is 10.8. The Morgan fingerprint density at radius 3 is 3.05 bits per heavy atom. The molecule has 20 heavy (non-hydrogen) atoms. The first-order chi connectivity index (χ1) is 9.75. The van der Waals surface area contributed by atoms with Crippen molar-refractivity contribution in [2.24, 2.45) is 5.73 Å². The molecule has 0 amide bonds. The molecule has 0 aromatic carbocycles. The lowest BCUT2D eigenvalue weighted by Crippen LogP contribution is -2.63. The van der Waals surface area contributed by atoms with E-state index in [1.165, 1.54) is 0 Å². The molecule has 4 heterocycles. The fraction of sp³-hybridized carbons (Fsp3) is 0.333. The minimum absolute atomic E-state index is 0.185. The molecule has 3 aromatic heterocycles. The maximum atomic E-state index is 5.95. The fourth-order valence-electron chi connectivity index (χ4n) is 2.44. The molecule has 7 nitrogen and oxygen atoms in total. The summed E-state index contributed by atoms with van der Waals surface area (Å²) in [4.78, 5) is 7.78. The summed E-state index contributed by atoms with van der Waals surface area (Å²) in [5.74, 6) is 0.796. The average molecular weight is 287 g/mol. The topological polar surface area (TPSA) is 85.2 Å². The van der Waals surface area contributed by atoms with Gasteiger partial charge in [0.15, 0.2) is 5.82 Å². The van der Waals surface area contributed by atoms with Crippen molar-refractivity contribution in [1.82, 2.24) is 25.0 Å². The van der Waals surface area contributed by atoms with Gasteiger partial charge in [0.25, 0.3) is 0 Å². The Kier molecular flexibility index (Phi) is 2.48. The van der Waals surface area contributed by atoms with Crippen LogP contribution in [0.15, 0.2) is 23.7 Å². The molecule has 1 aliphatic rings. The normalized spacial score (nSPS) is 22.2. The third kappa shape index (κ3) is 1.55. The zero-order chi connectivity index (χ0) is 13.7. The Morgan fingerprint density at radius 2 is 2.35 bits per heavy atom. The van der Waals surface area contributed by atoms with Gasteiger partial charge in [-0.05, 0) is 28.8 Å². The number of hydrogen-bond acceptors (Lipinski definition) is 7. The van der Waals surface area contributed by atoms with E-state index in [9.17, 15) is 0 Å². The highest BCUT2D eigenvalue weighted by Crippen LogP contribution is 2.30. The van der Waals surface area contributed by atoms with Crippen LogP contribution in [0.3, 0.4) is 0 Å². The van der Waals surface area contributed by atoms with Crippen LogP contribution in [0.4, 0.5) is 5.82 Å². The van der Waals surface area contributed by atoms with Gasteiger partial charge in [0, 0.05) is 18.6 Å². The predicted molar refractivity (Wildman–Crippen MR) is 76.7 cm³/mol. The van der Waals surface area contributed by atoms with Crippen LogP contribution in [0.5, 0.6) is 0 Å². The standard InChI is InChI=1S/C12H13N7S/c1-7-8(13)6-18(7)11-12-15-16-17-19(12)9(5-14-11)10-3-2-4-20-10/h2-5,7-8H,6,13H2,1H3. The lowest BCUT2D eigenvalue weighted by atomic mass is 9.99. The van der Waals surface area contributed by atoms with Crippen molar-refractivity contribution < 1.29 is 0 Å². The van der Waals surface area contributed by atoms with E-state index in [1.54, 1.807) is 15.9 Å². The minimum Gasteiger partial charge on any atom is -0.347 e. The Hall–Kier alpha value is -2.06. The van der Waals surface area contributed by atoms with Gasteiger partial charge in [-0.25, -0.2) is 4.98 Å². The van der Waals surface area contributed by atoms with Crippen LogP contribution in [-0.4, -0.2) is 43.7 Å². The summed E-state index contributed by atoms with van der Waals surface area (Å²) in [6.45, 7) is 2.87. The van der Waals surface area contributed by atoms with E-state index < -0.39 is 0 Å². The zero-order valence-corrected chi connectivity index (χ0v) is 11.7. The molecule has 0 saturated carbocycles. The van der Waals surface area contributed by atoms with Crippen molar-refractivity contribution in [2.45, 2.75) is 19.0 Å². The monoisotopic (exact) mass is 287 g/mol. The van der Waals surface area contributed by atoms with Crippen molar-refractivity contribution >= 4 is 22.8 Å². The number of nitrogens with two attached hydrogens (primary N) is 1. The van der Waals surface area contributed by atoms with Crippen LogP contribution >= 0.6 is 11.3 Å². The first-order valence-corrected chi connectivity index (χ1v) is 7.27. The number of anilines is 1. The van der Waals surface area contributed by atoms with E-state index in [2.05, 4.69) is 32.3 Å². The molecule has 1 aliphatic heterocycles. The van der Waals surface area contributed by atoms with Gasteiger partial charge in [0.1, 0.15) is 5.69 Å². The van der Waals surface area contributed by atoms with Gasteiger partial charge in [0.05, 0.1) is 11.1 Å². The van der Waals surface area contributed by atoms with Crippen LogP contribution < -0.4 is 10.6 Å². The highest BCUT2D eigenvalue weighted by atomic mass is 32.1. The molecule has 2 unspecified atom stereocenters. The first kappa shape index (κ1) is 11.7. The Bertz CT molecular complexity index is 750. The lowest BCUT2D eigenvalue weighted by molar-refractivity contribution is 0.402. The molecule has 8 heteroatoms. The largest absolute Gasteiger partial charge is 0.347 e. The minimum atomic E-state index is 0.185. The van der Waals surface area contributed by atoms with Gasteiger partial charge >= 0.3 is 0 Å². The molecule has 0 spiro atoms. The molecule has 1 saturated heterocycles. The summed E-state index contributed by atoms with van der Waals surface area (Å²) < 4.78 is 1.74. The molecular formula is C12H13N7S. The van der Waals surface area contributed by atoms with E-state index in [0.717, 1.165) is 22.9 Å². The van der Waals surface area contributed by atoms with E-state index in [-0.39, 0.29) is 12.1 Å². The van der Waals surface area contributed by atoms with Crippen LogP contribution in [-0.2, 0) is 0 Å². The molecule has 2 N–H and O–H groups in total. The molecule has 4 rings (SSSR count). The second-order valence-corrected chi connectivity index (χ2v) is 5.86. The van der Waals surface area contributed by atoms with Gasteiger partial charge in [-0.15, -0.1) is 16.4 Å². The number of hydrogen-bond donors (Lipinski definition) is 1. The summed E-state index contributed by atoms with van der Waals surface area (Å²) in [6, 6.07) is 4.48. The van der Waals surface area contributed by atoms with Gasteiger partial charge in [-0.1, -0.05) is 6.07 Å². The third-order valence-corrected chi connectivity index (χ3v) is 4.66. The lowest BCUT2D eigenvalue weighted by Gasteiger charge is -2.45. The quantitative estimate of drug-likeness (QED) is 0.750. The Labute approximate surface area is 119 Å². The summed E-state index contributed by atoms with van der Waals surface area (Å²) >= 11 is 1.64. The van der Waals surface area contributed by atoms with Crippen LogP contribution in [0.2, 0.25) is 0 Å². The summed E-state index contributed by atoms with van der Waals surface area (Å²) in [5, 5.41) is 14.0. The molecule has 0 radical (unpaired) electrons. The molecule has 2 atom stereocenters.